The Labute approximate surface area is 116 Å². The van der Waals surface area contributed by atoms with E-state index >= 15 is 0 Å². The van der Waals surface area contributed by atoms with Gasteiger partial charge in [0.15, 0.2) is 0 Å². The Balaban J connectivity index is 1.65. The predicted molar refractivity (Wildman–Crippen MR) is 77.5 cm³/mol. The molecule has 2 aliphatic rings. The first-order chi connectivity index (χ1) is 9.34. The number of likely N-dealkylation sites (tertiary alicyclic amines) is 1. The monoisotopic (exact) mass is 262 g/mol. The number of nitrogens with zero attached hydrogens (tertiary/aromatic N) is 3. The van der Waals surface area contributed by atoms with Crippen LogP contribution in [0.25, 0.3) is 0 Å². The van der Waals surface area contributed by atoms with Crippen molar-refractivity contribution in [1.29, 1.82) is 0 Å². The Kier molecular flexibility index (Phi) is 4.18. The molecular formula is C15H26N4. The quantitative estimate of drug-likeness (QED) is 0.901. The number of nitrogens with one attached hydrogen (secondary N) is 1. The molecule has 2 unspecified atom stereocenters. The third-order valence-corrected chi connectivity index (χ3v) is 4.62. The van der Waals surface area contributed by atoms with Crippen molar-refractivity contribution in [3.05, 3.63) is 18.2 Å². The second kappa shape index (κ2) is 6.06. The molecule has 1 aromatic rings. The number of piperidine rings is 1. The van der Waals surface area contributed by atoms with Crippen LogP contribution >= 0.6 is 0 Å². The lowest BCUT2D eigenvalue weighted by molar-refractivity contribution is 0.200. The van der Waals surface area contributed by atoms with Gasteiger partial charge in [-0.2, -0.15) is 0 Å². The van der Waals surface area contributed by atoms with Gasteiger partial charge in [-0.1, -0.05) is 6.42 Å². The molecular weight excluding hydrogens is 236 g/mol. The maximum Gasteiger partial charge on any atom is 0.0951 e. The molecule has 0 saturated carbocycles. The number of imidazole rings is 1. The van der Waals surface area contributed by atoms with Gasteiger partial charge in [-0.3, -0.25) is 0 Å². The minimum absolute atomic E-state index is 0.538. The van der Waals surface area contributed by atoms with E-state index in [0.717, 1.165) is 13.1 Å². The van der Waals surface area contributed by atoms with Crippen LogP contribution in [-0.4, -0.2) is 47.2 Å². The van der Waals surface area contributed by atoms with Crippen LogP contribution in [0.1, 0.15) is 50.3 Å². The van der Waals surface area contributed by atoms with Gasteiger partial charge in [-0.05, 0) is 45.8 Å². The zero-order valence-corrected chi connectivity index (χ0v) is 12.0. The molecule has 106 valence electrons. The molecule has 2 aliphatic heterocycles. The smallest absolute Gasteiger partial charge is 0.0951 e. The SMILES string of the molecule is CC(CN1CCCCC1)n1cncc1C1CCNC1. The molecule has 4 heteroatoms. The summed E-state index contributed by atoms with van der Waals surface area (Å²) >= 11 is 0. The Morgan fingerprint density at radius 2 is 2.21 bits per heavy atom. The first-order valence-corrected chi connectivity index (χ1v) is 7.79. The molecule has 4 nitrogen and oxygen atoms in total. The van der Waals surface area contributed by atoms with E-state index in [0.29, 0.717) is 12.0 Å². The molecule has 0 aromatic carbocycles. The lowest BCUT2D eigenvalue weighted by Gasteiger charge is -2.30. The summed E-state index contributed by atoms with van der Waals surface area (Å²) in [5.74, 6) is 0.659. The van der Waals surface area contributed by atoms with Crippen molar-refractivity contribution in [1.82, 2.24) is 19.8 Å². The van der Waals surface area contributed by atoms with Crippen molar-refractivity contribution >= 4 is 0 Å². The van der Waals surface area contributed by atoms with Gasteiger partial charge in [0.2, 0.25) is 0 Å². The number of hydrogen-bond acceptors (Lipinski definition) is 3. The molecule has 19 heavy (non-hydrogen) atoms. The van der Waals surface area contributed by atoms with Gasteiger partial charge < -0.3 is 14.8 Å². The fraction of sp³-hybridized carbons (Fsp3) is 0.800. The summed E-state index contributed by atoms with van der Waals surface area (Å²) < 4.78 is 2.41. The van der Waals surface area contributed by atoms with Gasteiger partial charge in [-0.15, -0.1) is 0 Å². The summed E-state index contributed by atoms with van der Waals surface area (Å²) in [4.78, 5) is 7.01. The van der Waals surface area contributed by atoms with E-state index in [9.17, 15) is 0 Å². The highest BCUT2D eigenvalue weighted by Gasteiger charge is 2.23. The summed E-state index contributed by atoms with van der Waals surface area (Å²) in [6.07, 6.45) is 9.51. The maximum absolute atomic E-state index is 4.40. The lowest BCUT2D eigenvalue weighted by Crippen LogP contribution is -2.34. The molecule has 3 rings (SSSR count). The molecule has 0 spiro atoms. The van der Waals surface area contributed by atoms with Crippen molar-refractivity contribution < 1.29 is 0 Å². The molecule has 0 bridgehead atoms. The van der Waals surface area contributed by atoms with Gasteiger partial charge in [0, 0.05) is 36.9 Å². The van der Waals surface area contributed by atoms with Crippen LogP contribution < -0.4 is 5.32 Å². The number of rotatable bonds is 4. The van der Waals surface area contributed by atoms with Crippen LogP contribution in [0.5, 0.6) is 0 Å². The molecule has 1 aromatic heterocycles. The minimum atomic E-state index is 0.538. The van der Waals surface area contributed by atoms with E-state index in [1.165, 1.54) is 51.0 Å². The normalized spacial score (nSPS) is 26.7. The van der Waals surface area contributed by atoms with E-state index in [4.69, 9.17) is 0 Å². The zero-order chi connectivity index (χ0) is 13.1. The third-order valence-electron chi connectivity index (χ3n) is 4.62. The molecule has 0 aliphatic carbocycles. The van der Waals surface area contributed by atoms with E-state index < -0.39 is 0 Å². The highest BCUT2D eigenvalue weighted by molar-refractivity contribution is 5.10. The second-order valence-corrected chi connectivity index (χ2v) is 6.13. The van der Waals surface area contributed by atoms with Crippen LogP contribution in [-0.2, 0) is 0 Å². The fourth-order valence-electron chi connectivity index (χ4n) is 3.51. The molecule has 2 saturated heterocycles. The van der Waals surface area contributed by atoms with Gasteiger partial charge in [0.25, 0.3) is 0 Å². The van der Waals surface area contributed by atoms with Crippen LogP contribution in [0.2, 0.25) is 0 Å². The highest BCUT2D eigenvalue weighted by atomic mass is 15.2. The van der Waals surface area contributed by atoms with Crippen molar-refractivity contribution in [2.75, 3.05) is 32.7 Å². The fourth-order valence-corrected chi connectivity index (χ4v) is 3.51. The molecule has 1 N–H and O–H groups in total. The Bertz CT molecular complexity index is 389. The van der Waals surface area contributed by atoms with Crippen molar-refractivity contribution in [2.24, 2.45) is 0 Å². The van der Waals surface area contributed by atoms with Crippen molar-refractivity contribution in [3.63, 3.8) is 0 Å². The lowest BCUT2D eigenvalue weighted by atomic mass is 10.0. The Hall–Kier alpha value is -0.870. The maximum atomic E-state index is 4.40. The minimum Gasteiger partial charge on any atom is -0.330 e. The largest absolute Gasteiger partial charge is 0.330 e. The van der Waals surface area contributed by atoms with Crippen LogP contribution in [0.15, 0.2) is 12.5 Å². The second-order valence-electron chi connectivity index (χ2n) is 6.13. The average Bonchev–Trinajstić information content (AvgIpc) is 3.10. The molecule has 0 amide bonds. The summed E-state index contributed by atoms with van der Waals surface area (Å²) in [5, 5.41) is 3.46. The molecule has 2 fully saturated rings. The standard InChI is InChI=1S/C15H26N4/c1-13(11-18-7-3-2-4-8-18)19-12-17-10-15(19)14-5-6-16-9-14/h10,12-14,16H,2-9,11H2,1H3. The zero-order valence-electron chi connectivity index (χ0n) is 12.0. The molecule has 2 atom stereocenters. The van der Waals surface area contributed by atoms with E-state index in [2.05, 4.69) is 32.9 Å². The van der Waals surface area contributed by atoms with Crippen molar-refractivity contribution in [3.8, 4) is 0 Å². The van der Waals surface area contributed by atoms with Crippen molar-refractivity contribution in [2.45, 2.75) is 44.6 Å². The van der Waals surface area contributed by atoms with Gasteiger partial charge in [0.05, 0.1) is 6.33 Å². The predicted octanol–water partition coefficient (Wildman–Crippen LogP) is 2.01. The molecule has 3 heterocycles. The number of hydrogen-bond donors (Lipinski definition) is 1. The summed E-state index contributed by atoms with van der Waals surface area (Å²) in [7, 11) is 0. The topological polar surface area (TPSA) is 33.1 Å². The number of aromatic nitrogens is 2. The summed E-state index contributed by atoms with van der Waals surface area (Å²) in [6, 6.07) is 0.538. The van der Waals surface area contributed by atoms with Gasteiger partial charge in [-0.25, -0.2) is 4.98 Å². The third kappa shape index (κ3) is 3.00. The van der Waals surface area contributed by atoms with Crippen LogP contribution in [0, 0.1) is 0 Å². The summed E-state index contributed by atoms with van der Waals surface area (Å²) in [5.41, 5.74) is 1.43. The van der Waals surface area contributed by atoms with E-state index in [-0.39, 0.29) is 0 Å². The highest BCUT2D eigenvalue weighted by Crippen LogP contribution is 2.25. The van der Waals surface area contributed by atoms with Crippen LogP contribution in [0.4, 0.5) is 0 Å². The first kappa shape index (κ1) is 13.1. The van der Waals surface area contributed by atoms with E-state index in [1.807, 2.05) is 6.33 Å². The Morgan fingerprint density at radius 3 is 2.95 bits per heavy atom. The van der Waals surface area contributed by atoms with Crippen LogP contribution in [0.3, 0.4) is 0 Å². The Morgan fingerprint density at radius 1 is 1.37 bits per heavy atom. The molecule has 0 radical (unpaired) electrons. The summed E-state index contributed by atoms with van der Waals surface area (Å²) in [6.45, 7) is 8.32. The van der Waals surface area contributed by atoms with Gasteiger partial charge >= 0.3 is 0 Å². The average molecular weight is 262 g/mol. The first-order valence-electron chi connectivity index (χ1n) is 7.79. The van der Waals surface area contributed by atoms with E-state index in [1.54, 1.807) is 0 Å². The van der Waals surface area contributed by atoms with Gasteiger partial charge in [0.1, 0.15) is 0 Å².